The van der Waals surface area contributed by atoms with Gasteiger partial charge in [-0.25, -0.2) is 4.98 Å². The number of nitrogens with zero attached hydrogens (tertiary/aromatic N) is 4. The summed E-state index contributed by atoms with van der Waals surface area (Å²) in [4.78, 5) is 15.2. The molecular weight excluding hydrogens is 375 g/mol. The van der Waals surface area contributed by atoms with Gasteiger partial charge < -0.3 is 15.0 Å². The van der Waals surface area contributed by atoms with Crippen LogP contribution in [-0.2, 0) is 13.2 Å². The molecular formula is C18H16F3N5O2. The monoisotopic (exact) mass is 391 g/mol. The van der Waals surface area contributed by atoms with Crippen molar-refractivity contribution in [3.63, 3.8) is 0 Å². The summed E-state index contributed by atoms with van der Waals surface area (Å²) in [6.07, 6.45) is -3.85. The SMILES string of the molecule is C[C@H](Oc1cc(C(N)=O)ccn1)c1nnc(-c2ccccc2C(F)(F)F)n1C. The molecule has 0 aliphatic carbocycles. The van der Waals surface area contributed by atoms with Gasteiger partial charge in [-0.2, -0.15) is 13.2 Å². The van der Waals surface area contributed by atoms with Gasteiger partial charge in [0.1, 0.15) is 0 Å². The molecule has 1 aromatic carbocycles. The Balaban J connectivity index is 1.92. The highest BCUT2D eigenvalue weighted by molar-refractivity contribution is 5.92. The van der Waals surface area contributed by atoms with E-state index in [0.29, 0.717) is 5.82 Å². The highest BCUT2D eigenvalue weighted by atomic mass is 19.4. The zero-order valence-electron chi connectivity index (χ0n) is 14.9. The molecule has 0 unspecified atom stereocenters. The Morgan fingerprint density at radius 1 is 1.21 bits per heavy atom. The van der Waals surface area contributed by atoms with Crippen LogP contribution in [0.15, 0.2) is 42.6 Å². The van der Waals surface area contributed by atoms with Crippen molar-refractivity contribution in [1.29, 1.82) is 0 Å². The summed E-state index contributed by atoms with van der Waals surface area (Å²) in [6, 6.07) is 7.94. The molecule has 0 bridgehead atoms. The van der Waals surface area contributed by atoms with E-state index in [4.69, 9.17) is 10.5 Å². The number of carbonyl (C=O) groups is 1. The maximum Gasteiger partial charge on any atom is 0.417 e. The number of halogens is 3. The average Bonchev–Trinajstić information content (AvgIpc) is 3.02. The van der Waals surface area contributed by atoms with Crippen molar-refractivity contribution in [2.45, 2.75) is 19.2 Å². The number of benzene rings is 1. The van der Waals surface area contributed by atoms with Crippen LogP contribution in [0, 0.1) is 0 Å². The third-order valence-corrected chi connectivity index (χ3v) is 4.06. The van der Waals surface area contributed by atoms with Gasteiger partial charge in [0.2, 0.25) is 11.8 Å². The fraction of sp³-hybridized carbons (Fsp3) is 0.222. The Bertz CT molecular complexity index is 1020. The number of primary amides is 1. The van der Waals surface area contributed by atoms with Crippen molar-refractivity contribution >= 4 is 5.91 Å². The number of carbonyl (C=O) groups excluding carboxylic acids is 1. The van der Waals surface area contributed by atoms with E-state index >= 15 is 0 Å². The minimum atomic E-state index is -4.52. The summed E-state index contributed by atoms with van der Waals surface area (Å²) in [6.45, 7) is 1.64. The van der Waals surface area contributed by atoms with Crippen LogP contribution in [0.1, 0.15) is 34.8 Å². The van der Waals surface area contributed by atoms with E-state index in [9.17, 15) is 18.0 Å². The van der Waals surface area contributed by atoms with Crippen LogP contribution in [0.2, 0.25) is 0 Å². The van der Waals surface area contributed by atoms with Crippen LogP contribution >= 0.6 is 0 Å². The number of ether oxygens (including phenoxy) is 1. The predicted octanol–water partition coefficient (Wildman–Crippen LogP) is 3.13. The zero-order chi connectivity index (χ0) is 20.5. The van der Waals surface area contributed by atoms with Crippen molar-refractivity contribution in [2.75, 3.05) is 0 Å². The number of alkyl halides is 3. The number of aromatic nitrogens is 4. The van der Waals surface area contributed by atoms with Crippen LogP contribution in [-0.4, -0.2) is 25.7 Å². The maximum absolute atomic E-state index is 13.3. The molecule has 0 fully saturated rings. The molecule has 28 heavy (non-hydrogen) atoms. The van der Waals surface area contributed by atoms with E-state index in [1.54, 1.807) is 14.0 Å². The molecule has 2 N–H and O–H groups in total. The Kier molecular flexibility index (Phi) is 5.04. The average molecular weight is 391 g/mol. The van der Waals surface area contributed by atoms with Crippen molar-refractivity contribution in [3.8, 4) is 17.3 Å². The molecule has 7 nitrogen and oxygen atoms in total. The molecule has 2 heterocycles. The quantitative estimate of drug-likeness (QED) is 0.721. The molecule has 0 saturated heterocycles. The largest absolute Gasteiger partial charge is 0.466 e. The summed E-state index contributed by atoms with van der Waals surface area (Å²) in [5, 5.41) is 7.88. The summed E-state index contributed by atoms with van der Waals surface area (Å²) >= 11 is 0. The molecule has 146 valence electrons. The first-order valence-corrected chi connectivity index (χ1v) is 8.17. The summed E-state index contributed by atoms with van der Waals surface area (Å²) in [5.41, 5.74) is 4.55. The van der Waals surface area contributed by atoms with Crippen LogP contribution < -0.4 is 10.5 Å². The molecule has 0 spiro atoms. The lowest BCUT2D eigenvalue weighted by Gasteiger charge is -2.15. The normalized spacial score (nSPS) is 12.6. The predicted molar refractivity (Wildman–Crippen MR) is 93.2 cm³/mol. The maximum atomic E-state index is 13.3. The number of rotatable bonds is 5. The third-order valence-electron chi connectivity index (χ3n) is 4.06. The molecule has 1 atom stereocenters. The lowest BCUT2D eigenvalue weighted by atomic mass is 10.1. The first-order valence-electron chi connectivity index (χ1n) is 8.17. The Labute approximate surface area is 158 Å². The molecule has 0 radical (unpaired) electrons. The second-order valence-electron chi connectivity index (χ2n) is 5.99. The fourth-order valence-electron chi connectivity index (χ4n) is 2.72. The molecule has 2 aromatic heterocycles. The molecule has 3 aromatic rings. The topological polar surface area (TPSA) is 95.9 Å². The fourth-order valence-corrected chi connectivity index (χ4v) is 2.72. The molecule has 3 rings (SSSR count). The summed E-state index contributed by atoms with van der Waals surface area (Å²) < 4.78 is 47.0. The summed E-state index contributed by atoms with van der Waals surface area (Å²) in [5.74, 6) is -0.163. The number of pyridine rings is 1. The third kappa shape index (κ3) is 3.80. The van der Waals surface area contributed by atoms with Crippen molar-refractivity contribution < 1.29 is 22.7 Å². The Morgan fingerprint density at radius 3 is 2.61 bits per heavy atom. The smallest absolute Gasteiger partial charge is 0.417 e. The summed E-state index contributed by atoms with van der Waals surface area (Å²) in [7, 11) is 1.55. The van der Waals surface area contributed by atoms with Gasteiger partial charge in [0, 0.05) is 30.4 Å². The van der Waals surface area contributed by atoms with E-state index < -0.39 is 23.8 Å². The zero-order valence-corrected chi connectivity index (χ0v) is 14.9. The van der Waals surface area contributed by atoms with Gasteiger partial charge in [0.05, 0.1) is 5.56 Å². The standard InChI is InChI=1S/C18H16F3N5O2/c1-10(28-14-9-11(15(22)27)7-8-23-14)16-24-25-17(26(16)2)12-5-3-4-6-13(12)18(19,20)21/h3-10H,1-2H3,(H2,22,27)/t10-/m0/s1. The Morgan fingerprint density at radius 2 is 1.93 bits per heavy atom. The van der Waals surface area contributed by atoms with E-state index in [-0.39, 0.29) is 22.8 Å². The first-order chi connectivity index (χ1) is 13.2. The number of amides is 1. The van der Waals surface area contributed by atoms with Gasteiger partial charge in [-0.3, -0.25) is 4.79 Å². The Hall–Kier alpha value is -3.43. The number of hydrogen-bond acceptors (Lipinski definition) is 5. The lowest BCUT2D eigenvalue weighted by Crippen LogP contribution is -2.14. The van der Waals surface area contributed by atoms with E-state index in [1.807, 2.05) is 0 Å². The van der Waals surface area contributed by atoms with Crippen LogP contribution in [0.4, 0.5) is 13.2 Å². The van der Waals surface area contributed by atoms with Crippen LogP contribution in [0.3, 0.4) is 0 Å². The highest BCUT2D eigenvalue weighted by Crippen LogP contribution is 2.36. The van der Waals surface area contributed by atoms with Gasteiger partial charge in [-0.05, 0) is 19.1 Å². The van der Waals surface area contributed by atoms with Crippen LogP contribution in [0.5, 0.6) is 5.88 Å². The number of nitrogens with two attached hydrogens (primary N) is 1. The van der Waals surface area contributed by atoms with E-state index in [0.717, 1.165) is 6.07 Å². The van der Waals surface area contributed by atoms with Gasteiger partial charge >= 0.3 is 6.18 Å². The van der Waals surface area contributed by atoms with Gasteiger partial charge in [0.15, 0.2) is 17.8 Å². The van der Waals surface area contributed by atoms with Crippen molar-refractivity contribution in [2.24, 2.45) is 12.8 Å². The lowest BCUT2D eigenvalue weighted by molar-refractivity contribution is -0.137. The van der Waals surface area contributed by atoms with Gasteiger partial charge in [-0.1, -0.05) is 18.2 Å². The number of hydrogen-bond donors (Lipinski definition) is 1. The van der Waals surface area contributed by atoms with Gasteiger partial charge in [0.25, 0.3) is 0 Å². The van der Waals surface area contributed by atoms with Crippen LogP contribution in [0.25, 0.3) is 11.4 Å². The molecule has 0 aliphatic rings. The van der Waals surface area contributed by atoms with Gasteiger partial charge in [-0.15, -0.1) is 10.2 Å². The van der Waals surface area contributed by atoms with E-state index in [1.165, 1.54) is 41.1 Å². The second kappa shape index (κ2) is 7.29. The van der Waals surface area contributed by atoms with Crippen molar-refractivity contribution in [3.05, 3.63) is 59.5 Å². The van der Waals surface area contributed by atoms with E-state index in [2.05, 4.69) is 15.2 Å². The minimum absolute atomic E-state index is 0.0530. The molecule has 10 heteroatoms. The minimum Gasteiger partial charge on any atom is -0.466 e. The second-order valence-corrected chi connectivity index (χ2v) is 5.99. The molecule has 0 saturated carbocycles. The highest BCUT2D eigenvalue weighted by Gasteiger charge is 2.34. The first kappa shape index (κ1) is 19.3. The van der Waals surface area contributed by atoms with Crippen molar-refractivity contribution in [1.82, 2.24) is 19.7 Å². The molecule has 0 aliphatic heterocycles. The molecule has 1 amide bonds.